The van der Waals surface area contributed by atoms with Gasteiger partial charge in [-0.15, -0.1) is 0 Å². The largest absolute Gasteiger partial charge is 0.492 e. The Labute approximate surface area is 183 Å². The van der Waals surface area contributed by atoms with E-state index in [9.17, 15) is 9.59 Å². The van der Waals surface area contributed by atoms with Crippen LogP contribution in [0.15, 0.2) is 47.3 Å². The third kappa shape index (κ3) is 6.38. The summed E-state index contributed by atoms with van der Waals surface area (Å²) in [6.07, 6.45) is 0.309. The number of benzene rings is 1. The summed E-state index contributed by atoms with van der Waals surface area (Å²) in [4.78, 5) is 27.1. The van der Waals surface area contributed by atoms with Gasteiger partial charge in [-0.05, 0) is 45.9 Å². The molecular weight excluding hydrogens is 396 g/mol. The van der Waals surface area contributed by atoms with Gasteiger partial charge in [0.25, 0.3) is 11.5 Å². The molecule has 3 rings (SSSR count). The molecule has 8 heteroatoms. The predicted molar refractivity (Wildman–Crippen MR) is 118 cm³/mol. The molecule has 1 amide bonds. The van der Waals surface area contributed by atoms with Crippen molar-refractivity contribution < 1.29 is 14.3 Å². The van der Waals surface area contributed by atoms with Gasteiger partial charge < -0.3 is 14.8 Å². The lowest BCUT2D eigenvalue weighted by Crippen LogP contribution is -2.58. The van der Waals surface area contributed by atoms with E-state index in [1.165, 1.54) is 16.8 Å². The van der Waals surface area contributed by atoms with Gasteiger partial charge in [0.15, 0.2) is 0 Å². The number of hydrogen-bond acceptors (Lipinski definition) is 6. The van der Waals surface area contributed by atoms with Crippen LogP contribution in [-0.2, 0) is 11.3 Å². The first-order chi connectivity index (χ1) is 14.7. The lowest BCUT2D eigenvalue weighted by Gasteiger charge is -2.45. The molecule has 31 heavy (non-hydrogen) atoms. The minimum atomic E-state index is -0.305. The molecule has 0 spiro atoms. The Balaban J connectivity index is 1.57. The van der Waals surface area contributed by atoms with Crippen LogP contribution in [0.5, 0.6) is 5.75 Å². The van der Waals surface area contributed by atoms with E-state index in [1.54, 1.807) is 0 Å². The Bertz CT molecular complexity index is 919. The summed E-state index contributed by atoms with van der Waals surface area (Å²) >= 11 is 0. The van der Waals surface area contributed by atoms with Crippen molar-refractivity contribution in [2.45, 2.75) is 52.0 Å². The van der Waals surface area contributed by atoms with E-state index in [1.807, 2.05) is 30.3 Å². The fourth-order valence-electron chi connectivity index (χ4n) is 3.67. The number of hydrogen-bond donors (Lipinski definition) is 1. The number of morpholine rings is 1. The number of amides is 1. The molecule has 8 nitrogen and oxygen atoms in total. The molecule has 1 aromatic heterocycles. The maximum Gasteiger partial charge on any atom is 0.271 e. The normalized spacial score (nSPS) is 19.7. The molecule has 2 heterocycles. The van der Waals surface area contributed by atoms with Crippen molar-refractivity contribution in [3.8, 4) is 5.75 Å². The molecule has 0 radical (unpaired) electrons. The summed E-state index contributed by atoms with van der Waals surface area (Å²) in [5.41, 5.74) is -0.302. The third-order valence-electron chi connectivity index (χ3n) is 5.37. The maximum absolute atomic E-state index is 12.7. The molecule has 1 N–H and O–H groups in total. The van der Waals surface area contributed by atoms with Crippen molar-refractivity contribution >= 4 is 5.91 Å². The zero-order valence-electron chi connectivity index (χ0n) is 18.7. The van der Waals surface area contributed by atoms with Crippen LogP contribution in [-0.4, -0.2) is 64.6 Å². The van der Waals surface area contributed by atoms with Crippen molar-refractivity contribution in [2.24, 2.45) is 0 Å². The van der Waals surface area contributed by atoms with Crippen LogP contribution < -0.4 is 15.6 Å². The van der Waals surface area contributed by atoms with Crippen LogP contribution in [0.2, 0.25) is 0 Å². The number of nitrogens with one attached hydrogen (secondary N) is 1. The second-order valence-electron chi connectivity index (χ2n) is 8.60. The van der Waals surface area contributed by atoms with E-state index in [0.717, 1.165) is 18.8 Å². The monoisotopic (exact) mass is 428 g/mol. The summed E-state index contributed by atoms with van der Waals surface area (Å²) in [5.74, 6) is 0.415. The van der Waals surface area contributed by atoms with E-state index in [2.05, 4.69) is 43.0 Å². The number of rotatable bonds is 8. The number of nitrogens with zero attached hydrogens (tertiary/aromatic N) is 3. The number of para-hydroxylation sites is 1. The average Bonchev–Trinajstić information content (AvgIpc) is 2.73. The molecule has 0 unspecified atom stereocenters. The van der Waals surface area contributed by atoms with Gasteiger partial charge in [0.05, 0.1) is 18.8 Å². The second-order valence-corrected chi connectivity index (χ2v) is 8.60. The molecule has 1 saturated heterocycles. The second kappa shape index (κ2) is 10.1. The van der Waals surface area contributed by atoms with Gasteiger partial charge in [0.2, 0.25) is 0 Å². The minimum Gasteiger partial charge on any atom is -0.492 e. The Morgan fingerprint density at radius 1 is 1.16 bits per heavy atom. The molecule has 0 saturated carbocycles. The first-order valence-corrected chi connectivity index (χ1v) is 10.7. The highest BCUT2D eigenvalue weighted by atomic mass is 16.5. The number of carbonyl (C=O) groups excluding carboxylic acids is 1. The lowest BCUT2D eigenvalue weighted by atomic mass is 10.00. The molecule has 0 bridgehead atoms. The van der Waals surface area contributed by atoms with Crippen LogP contribution in [0.4, 0.5) is 0 Å². The minimum absolute atomic E-state index is 0.155. The van der Waals surface area contributed by atoms with Crippen LogP contribution >= 0.6 is 0 Å². The smallest absolute Gasteiger partial charge is 0.271 e. The highest BCUT2D eigenvalue weighted by Crippen LogP contribution is 2.20. The van der Waals surface area contributed by atoms with Crippen molar-refractivity contribution in [1.29, 1.82) is 0 Å². The number of aromatic nitrogens is 2. The molecule has 1 aliphatic heterocycles. The fourth-order valence-corrected chi connectivity index (χ4v) is 3.67. The topological polar surface area (TPSA) is 85.7 Å². The van der Waals surface area contributed by atoms with E-state index in [4.69, 9.17) is 9.47 Å². The summed E-state index contributed by atoms with van der Waals surface area (Å²) < 4.78 is 12.7. The Hall–Kier alpha value is -2.71. The van der Waals surface area contributed by atoms with Crippen molar-refractivity contribution in [1.82, 2.24) is 20.0 Å². The molecule has 2 atom stereocenters. The van der Waals surface area contributed by atoms with Gasteiger partial charge in [-0.1, -0.05) is 18.2 Å². The van der Waals surface area contributed by atoms with Gasteiger partial charge in [0.1, 0.15) is 18.1 Å². The van der Waals surface area contributed by atoms with E-state index < -0.39 is 0 Å². The highest BCUT2D eigenvalue weighted by molar-refractivity contribution is 5.92. The summed E-state index contributed by atoms with van der Waals surface area (Å²) in [7, 11) is 0. The zero-order valence-corrected chi connectivity index (χ0v) is 18.7. The van der Waals surface area contributed by atoms with Crippen molar-refractivity contribution in [2.75, 3.05) is 26.2 Å². The van der Waals surface area contributed by atoms with E-state index >= 15 is 0 Å². The van der Waals surface area contributed by atoms with Crippen LogP contribution in [0.1, 0.15) is 38.2 Å². The molecular formula is C23H32N4O4. The molecule has 168 valence electrons. The van der Waals surface area contributed by atoms with E-state index in [0.29, 0.717) is 6.54 Å². The fraction of sp³-hybridized carbons (Fsp3) is 0.522. The van der Waals surface area contributed by atoms with Crippen molar-refractivity contribution in [3.05, 3.63) is 58.5 Å². The van der Waals surface area contributed by atoms with Crippen LogP contribution in [0, 0.1) is 0 Å². The molecule has 2 aromatic rings. The third-order valence-corrected chi connectivity index (χ3v) is 5.37. The molecule has 1 aliphatic rings. The number of ether oxygens (including phenoxy) is 2. The standard InChI is InChI=1S/C23H32N4O4/c1-17-14-26(15-18(2)31-17)23(3,4)16-24-22(29)20-10-11-21(28)27(25-20)12-13-30-19-8-6-5-7-9-19/h5-11,17-18H,12-16H2,1-4H3,(H,24,29)/t17-,18-/m0/s1. The maximum atomic E-state index is 12.7. The first-order valence-electron chi connectivity index (χ1n) is 10.7. The quantitative estimate of drug-likeness (QED) is 0.692. The van der Waals surface area contributed by atoms with Crippen molar-refractivity contribution in [3.63, 3.8) is 0 Å². The van der Waals surface area contributed by atoms with Gasteiger partial charge in [0, 0.05) is 31.2 Å². The molecule has 1 fully saturated rings. The lowest BCUT2D eigenvalue weighted by molar-refractivity contribution is -0.0948. The van der Waals surface area contributed by atoms with Crippen LogP contribution in [0.3, 0.4) is 0 Å². The van der Waals surface area contributed by atoms with Gasteiger partial charge in [-0.2, -0.15) is 5.10 Å². The SMILES string of the molecule is C[C@H]1CN(C(C)(C)CNC(=O)c2ccc(=O)n(CCOc3ccccc3)n2)C[C@H](C)O1. The molecule has 1 aromatic carbocycles. The van der Waals surface area contributed by atoms with Gasteiger partial charge in [-0.25, -0.2) is 4.68 Å². The Morgan fingerprint density at radius 3 is 2.52 bits per heavy atom. The number of carbonyl (C=O) groups is 1. The summed E-state index contributed by atoms with van der Waals surface area (Å²) in [5, 5.41) is 7.18. The zero-order chi connectivity index (χ0) is 22.4. The average molecular weight is 429 g/mol. The summed E-state index contributed by atoms with van der Waals surface area (Å²) in [6, 6.07) is 12.2. The highest BCUT2D eigenvalue weighted by Gasteiger charge is 2.33. The Morgan fingerprint density at radius 2 is 1.84 bits per heavy atom. The Kier molecular flexibility index (Phi) is 7.46. The van der Waals surface area contributed by atoms with E-state index in [-0.39, 0.29) is 48.1 Å². The van der Waals surface area contributed by atoms with Gasteiger partial charge in [-0.3, -0.25) is 14.5 Å². The van der Waals surface area contributed by atoms with Crippen LogP contribution in [0.25, 0.3) is 0 Å². The first kappa shape index (κ1) is 23.0. The summed E-state index contributed by atoms with van der Waals surface area (Å²) in [6.45, 7) is 11.0. The predicted octanol–water partition coefficient (Wildman–Crippen LogP) is 1.94. The molecule has 0 aliphatic carbocycles. The van der Waals surface area contributed by atoms with Gasteiger partial charge >= 0.3 is 0 Å².